The predicted octanol–water partition coefficient (Wildman–Crippen LogP) is 6.97. The molecule has 52 heavy (non-hydrogen) atoms. The SMILES string of the molecule is CC/C=C\C/C=C\C/C=C\CCCCCC(=O)OCC(COC1OC(C(=O)O)C(O)C(O)C1O)OC(=O)CCCCC/C=C\C/C=C\C/C=C\CC. The van der Waals surface area contributed by atoms with Gasteiger partial charge in [0.1, 0.15) is 24.9 Å². The number of rotatable bonds is 29. The van der Waals surface area contributed by atoms with Gasteiger partial charge in [-0.1, -0.05) is 99.6 Å². The van der Waals surface area contributed by atoms with Crippen LogP contribution in [-0.4, -0.2) is 88.4 Å². The second-order valence-corrected chi connectivity index (χ2v) is 12.6. The van der Waals surface area contributed by atoms with Crippen molar-refractivity contribution in [1.82, 2.24) is 0 Å². The third-order valence-electron chi connectivity index (χ3n) is 8.05. The van der Waals surface area contributed by atoms with E-state index in [1.54, 1.807) is 0 Å². The maximum Gasteiger partial charge on any atom is 0.335 e. The average molecular weight is 733 g/mol. The van der Waals surface area contributed by atoms with E-state index in [1.807, 2.05) is 0 Å². The molecule has 1 heterocycles. The number of esters is 2. The molecule has 11 heteroatoms. The van der Waals surface area contributed by atoms with Crippen LogP contribution in [-0.2, 0) is 33.3 Å². The van der Waals surface area contributed by atoms with Gasteiger partial charge in [0.2, 0.25) is 0 Å². The summed E-state index contributed by atoms with van der Waals surface area (Å²) in [7, 11) is 0. The number of carbonyl (C=O) groups excluding carboxylic acids is 2. The fraction of sp³-hybridized carbons (Fsp3) is 0.634. The highest BCUT2D eigenvalue weighted by Gasteiger charge is 2.47. The third kappa shape index (κ3) is 23.3. The second kappa shape index (κ2) is 31.2. The van der Waals surface area contributed by atoms with E-state index in [2.05, 4.69) is 86.8 Å². The van der Waals surface area contributed by atoms with Gasteiger partial charge < -0.3 is 39.4 Å². The molecule has 4 N–H and O–H groups in total. The summed E-state index contributed by atoms with van der Waals surface area (Å²) in [5.74, 6) is -2.54. The van der Waals surface area contributed by atoms with Crippen LogP contribution in [0.2, 0.25) is 0 Å². The summed E-state index contributed by atoms with van der Waals surface area (Å²) >= 11 is 0. The molecule has 6 atom stereocenters. The van der Waals surface area contributed by atoms with Gasteiger partial charge in [0.05, 0.1) is 6.61 Å². The summed E-state index contributed by atoms with van der Waals surface area (Å²) in [6.07, 6.45) is 28.3. The summed E-state index contributed by atoms with van der Waals surface area (Å²) < 4.78 is 21.5. The van der Waals surface area contributed by atoms with Gasteiger partial charge >= 0.3 is 17.9 Å². The van der Waals surface area contributed by atoms with E-state index in [9.17, 15) is 34.8 Å². The van der Waals surface area contributed by atoms with E-state index < -0.39 is 61.3 Å². The first-order chi connectivity index (χ1) is 25.2. The van der Waals surface area contributed by atoms with Gasteiger partial charge in [-0.15, -0.1) is 0 Å². The zero-order chi connectivity index (χ0) is 38.2. The average Bonchev–Trinajstić information content (AvgIpc) is 3.12. The number of carboxylic acids is 1. The van der Waals surface area contributed by atoms with Crippen LogP contribution < -0.4 is 0 Å². The lowest BCUT2D eigenvalue weighted by Gasteiger charge is -2.38. The van der Waals surface area contributed by atoms with Crippen molar-refractivity contribution >= 4 is 17.9 Å². The molecule has 11 nitrogen and oxygen atoms in total. The first-order valence-corrected chi connectivity index (χ1v) is 19.0. The van der Waals surface area contributed by atoms with Crippen LogP contribution in [0.15, 0.2) is 72.9 Å². The molecule has 0 aromatic carbocycles. The van der Waals surface area contributed by atoms with Gasteiger partial charge in [0.25, 0.3) is 0 Å². The molecule has 0 aliphatic carbocycles. The number of aliphatic hydroxyl groups excluding tert-OH is 3. The number of hydrogen-bond donors (Lipinski definition) is 4. The molecule has 0 spiro atoms. The number of aliphatic hydroxyl groups is 3. The number of carbonyl (C=O) groups is 3. The highest BCUT2D eigenvalue weighted by molar-refractivity contribution is 5.73. The first kappa shape index (κ1) is 46.7. The van der Waals surface area contributed by atoms with Crippen molar-refractivity contribution in [1.29, 1.82) is 0 Å². The molecule has 1 fully saturated rings. The molecule has 294 valence electrons. The van der Waals surface area contributed by atoms with Gasteiger partial charge in [-0.25, -0.2) is 4.79 Å². The van der Waals surface area contributed by atoms with Gasteiger partial charge in [0.15, 0.2) is 18.5 Å². The number of ether oxygens (including phenoxy) is 4. The Morgan fingerprint density at radius 3 is 1.58 bits per heavy atom. The first-order valence-electron chi connectivity index (χ1n) is 19.0. The number of aliphatic carboxylic acids is 1. The normalized spacial score (nSPS) is 21.8. The fourth-order valence-electron chi connectivity index (χ4n) is 5.08. The maximum atomic E-state index is 12.7. The van der Waals surface area contributed by atoms with E-state index in [-0.39, 0.29) is 19.4 Å². The van der Waals surface area contributed by atoms with Crippen molar-refractivity contribution in [3.63, 3.8) is 0 Å². The van der Waals surface area contributed by atoms with Crippen LogP contribution >= 0.6 is 0 Å². The molecule has 0 saturated carbocycles. The number of allylic oxidation sites excluding steroid dienone is 12. The lowest BCUT2D eigenvalue weighted by molar-refractivity contribution is -0.298. The standard InChI is InChI=1S/C41H64O11/c1-3-5-7-9-11-13-15-17-19-21-23-25-27-29-34(42)49-31-33(32-50-41-38(46)36(44)37(45)39(52-41)40(47)48)51-35(43)30-28-26-24-22-20-18-16-14-12-10-8-6-4-2/h5-8,11-14,17-20,33,36-39,41,44-46H,3-4,9-10,15-16,21-32H2,1-2H3,(H,47,48)/b7-5-,8-6-,13-11-,14-12-,19-17-,20-18-. The van der Waals surface area contributed by atoms with Gasteiger partial charge in [0, 0.05) is 12.8 Å². The van der Waals surface area contributed by atoms with Gasteiger partial charge in [-0.3, -0.25) is 9.59 Å². The Kier molecular flexibility index (Phi) is 28.0. The van der Waals surface area contributed by atoms with E-state index in [0.29, 0.717) is 12.8 Å². The summed E-state index contributed by atoms with van der Waals surface area (Å²) in [4.78, 5) is 36.6. The molecule has 0 aromatic heterocycles. The molecule has 6 unspecified atom stereocenters. The van der Waals surface area contributed by atoms with Crippen LogP contribution in [0.25, 0.3) is 0 Å². The van der Waals surface area contributed by atoms with Crippen molar-refractivity contribution in [2.75, 3.05) is 13.2 Å². The van der Waals surface area contributed by atoms with Crippen LogP contribution in [0, 0.1) is 0 Å². The largest absolute Gasteiger partial charge is 0.479 e. The van der Waals surface area contributed by atoms with Gasteiger partial charge in [-0.05, 0) is 77.0 Å². The highest BCUT2D eigenvalue weighted by Crippen LogP contribution is 2.23. The Morgan fingerprint density at radius 2 is 1.08 bits per heavy atom. The minimum Gasteiger partial charge on any atom is -0.479 e. The highest BCUT2D eigenvalue weighted by atomic mass is 16.7. The molecule has 0 bridgehead atoms. The maximum absolute atomic E-state index is 12.7. The molecular weight excluding hydrogens is 668 g/mol. The molecule has 0 aromatic rings. The minimum absolute atomic E-state index is 0.137. The minimum atomic E-state index is -1.87. The van der Waals surface area contributed by atoms with Crippen molar-refractivity contribution in [3.8, 4) is 0 Å². The molecule has 1 aliphatic heterocycles. The molecule has 0 amide bonds. The lowest BCUT2D eigenvalue weighted by atomic mass is 9.99. The smallest absolute Gasteiger partial charge is 0.335 e. The predicted molar refractivity (Wildman–Crippen MR) is 201 cm³/mol. The van der Waals surface area contributed by atoms with E-state index in [0.717, 1.165) is 77.0 Å². The Balaban J connectivity index is 2.50. The van der Waals surface area contributed by atoms with E-state index >= 15 is 0 Å². The van der Waals surface area contributed by atoms with Crippen molar-refractivity contribution in [2.45, 2.75) is 153 Å². The van der Waals surface area contributed by atoms with Crippen LogP contribution in [0.4, 0.5) is 0 Å². The number of carboxylic acid groups (broad SMARTS) is 1. The molecular formula is C41H64O11. The molecule has 1 rings (SSSR count). The van der Waals surface area contributed by atoms with Crippen molar-refractivity contribution in [3.05, 3.63) is 72.9 Å². The molecule has 0 radical (unpaired) electrons. The second-order valence-electron chi connectivity index (χ2n) is 12.6. The van der Waals surface area contributed by atoms with E-state index in [4.69, 9.17) is 18.9 Å². The number of unbranched alkanes of at least 4 members (excludes halogenated alkanes) is 6. The summed E-state index contributed by atoms with van der Waals surface area (Å²) in [5, 5.41) is 39.6. The van der Waals surface area contributed by atoms with Crippen LogP contribution in [0.5, 0.6) is 0 Å². The van der Waals surface area contributed by atoms with Crippen molar-refractivity contribution in [2.24, 2.45) is 0 Å². The van der Waals surface area contributed by atoms with Crippen LogP contribution in [0.1, 0.15) is 117 Å². The Bertz CT molecular complexity index is 1140. The topological polar surface area (TPSA) is 169 Å². The summed E-state index contributed by atoms with van der Waals surface area (Å²) in [6.45, 7) is 3.49. The monoisotopic (exact) mass is 732 g/mol. The molecule has 1 aliphatic rings. The number of hydrogen-bond acceptors (Lipinski definition) is 10. The molecule has 1 saturated heterocycles. The summed E-state index contributed by atoms with van der Waals surface area (Å²) in [6, 6.07) is 0. The Hall–Kier alpha value is -3.35. The Labute approximate surface area is 310 Å². The lowest BCUT2D eigenvalue weighted by Crippen LogP contribution is -2.60. The van der Waals surface area contributed by atoms with E-state index in [1.165, 1.54) is 0 Å². The fourth-order valence-corrected chi connectivity index (χ4v) is 5.08. The summed E-state index contributed by atoms with van der Waals surface area (Å²) in [5.41, 5.74) is 0. The quantitative estimate of drug-likeness (QED) is 0.0356. The van der Waals surface area contributed by atoms with Crippen molar-refractivity contribution < 1.29 is 53.8 Å². The van der Waals surface area contributed by atoms with Gasteiger partial charge in [-0.2, -0.15) is 0 Å². The van der Waals surface area contributed by atoms with Crippen LogP contribution in [0.3, 0.4) is 0 Å². The third-order valence-corrected chi connectivity index (χ3v) is 8.05. The zero-order valence-electron chi connectivity index (χ0n) is 31.3. The zero-order valence-corrected chi connectivity index (χ0v) is 31.3. The Morgan fingerprint density at radius 1 is 0.596 bits per heavy atom.